The number of nitrogens with zero attached hydrogens (tertiary/aromatic N) is 2. The Kier molecular flexibility index (Phi) is 6.69. The van der Waals surface area contributed by atoms with E-state index in [0.717, 1.165) is 11.6 Å². The van der Waals surface area contributed by atoms with E-state index in [1.165, 1.54) is 37.4 Å². The highest BCUT2D eigenvalue weighted by molar-refractivity contribution is 7.90. The quantitative estimate of drug-likeness (QED) is 0.548. The molecule has 2 amide bonds. The maximum absolute atomic E-state index is 12.4. The van der Waals surface area contributed by atoms with E-state index >= 15 is 0 Å². The number of rotatable bonds is 7. The summed E-state index contributed by atoms with van der Waals surface area (Å²) in [6.07, 6.45) is 0. The number of aromatic nitrogens is 2. The smallest absolute Gasteiger partial charge is 0.267 e. The van der Waals surface area contributed by atoms with Crippen LogP contribution in [0.5, 0.6) is 5.75 Å². The van der Waals surface area contributed by atoms with Crippen LogP contribution in [0.1, 0.15) is 6.92 Å². The monoisotopic (exact) mass is 456 g/mol. The van der Waals surface area contributed by atoms with Gasteiger partial charge in [-0.05, 0) is 42.5 Å². The van der Waals surface area contributed by atoms with Crippen LogP contribution in [0, 0.1) is 0 Å². The average molecular weight is 456 g/mol. The fraction of sp³-hybridized carbons (Fsp3) is 0.143. The molecule has 32 heavy (non-hydrogen) atoms. The molecule has 0 unspecified atom stereocenters. The number of anilines is 1. The standard InChI is InChI=1S/C21H20N4O6S/c1-14(26)24-32(29,30)16-9-7-15(8-10-16)22-20(27)13-25-21(28)12-11-18(23-25)17-5-3-4-6-19(17)31-2/h3-12H,13H2,1-2H3,(H,22,27)(H,24,26). The van der Waals surface area contributed by atoms with Crippen LogP contribution in [-0.2, 0) is 26.2 Å². The van der Waals surface area contributed by atoms with Gasteiger partial charge in [0.05, 0.1) is 17.7 Å². The Morgan fingerprint density at radius 2 is 1.72 bits per heavy atom. The summed E-state index contributed by atoms with van der Waals surface area (Å²) in [5.41, 5.74) is 0.976. The van der Waals surface area contributed by atoms with Crippen LogP contribution in [0.3, 0.4) is 0 Å². The van der Waals surface area contributed by atoms with E-state index in [-0.39, 0.29) is 11.4 Å². The Morgan fingerprint density at radius 3 is 2.38 bits per heavy atom. The normalized spacial score (nSPS) is 10.9. The van der Waals surface area contributed by atoms with Gasteiger partial charge in [-0.15, -0.1) is 0 Å². The molecule has 2 aromatic carbocycles. The number of methoxy groups -OCH3 is 1. The van der Waals surface area contributed by atoms with Gasteiger partial charge in [0.25, 0.3) is 15.6 Å². The van der Waals surface area contributed by atoms with Gasteiger partial charge in [0, 0.05) is 24.2 Å². The van der Waals surface area contributed by atoms with Crippen molar-refractivity contribution in [1.29, 1.82) is 0 Å². The summed E-state index contributed by atoms with van der Waals surface area (Å²) >= 11 is 0. The minimum atomic E-state index is -3.97. The van der Waals surface area contributed by atoms with Gasteiger partial charge in [-0.1, -0.05) is 12.1 Å². The molecule has 0 radical (unpaired) electrons. The predicted octanol–water partition coefficient (Wildman–Crippen LogP) is 1.38. The number of amides is 2. The Balaban J connectivity index is 1.75. The first-order valence-electron chi connectivity index (χ1n) is 9.34. The lowest BCUT2D eigenvalue weighted by Crippen LogP contribution is -2.29. The number of ether oxygens (including phenoxy) is 1. The number of hydrogen-bond donors (Lipinski definition) is 2. The summed E-state index contributed by atoms with van der Waals surface area (Å²) in [4.78, 5) is 35.5. The van der Waals surface area contributed by atoms with Crippen molar-refractivity contribution in [2.75, 3.05) is 12.4 Å². The number of sulfonamides is 1. The van der Waals surface area contributed by atoms with Gasteiger partial charge in [-0.2, -0.15) is 5.10 Å². The van der Waals surface area contributed by atoms with Gasteiger partial charge in [0.1, 0.15) is 12.3 Å². The van der Waals surface area contributed by atoms with Crippen LogP contribution in [0.2, 0.25) is 0 Å². The molecule has 0 spiro atoms. The lowest BCUT2D eigenvalue weighted by atomic mass is 10.1. The van der Waals surface area contributed by atoms with Crippen LogP contribution in [0.15, 0.2) is 70.4 Å². The van der Waals surface area contributed by atoms with E-state index in [4.69, 9.17) is 4.74 Å². The minimum Gasteiger partial charge on any atom is -0.496 e. The average Bonchev–Trinajstić information content (AvgIpc) is 2.74. The van der Waals surface area contributed by atoms with Crippen LogP contribution >= 0.6 is 0 Å². The highest BCUT2D eigenvalue weighted by Crippen LogP contribution is 2.27. The molecule has 0 fully saturated rings. The molecule has 0 saturated carbocycles. The Morgan fingerprint density at radius 1 is 1.03 bits per heavy atom. The van der Waals surface area contributed by atoms with Crippen molar-refractivity contribution < 1.29 is 22.7 Å². The van der Waals surface area contributed by atoms with Crippen molar-refractivity contribution >= 4 is 27.5 Å². The van der Waals surface area contributed by atoms with E-state index in [1.54, 1.807) is 30.3 Å². The van der Waals surface area contributed by atoms with Crippen LogP contribution in [0.25, 0.3) is 11.3 Å². The van der Waals surface area contributed by atoms with Gasteiger partial charge in [0.15, 0.2) is 0 Å². The molecule has 10 nitrogen and oxygen atoms in total. The zero-order valence-electron chi connectivity index (χ0n) is 17.2. The topological polar surface area (TPSA) is 136 Å². The van der Waals surface area contributed by atoms with Crippen molar-refractivity contribution in [2.45, 2.75) is 18.4 Å². The molecule has 1 aromatic heterocycles. The molecule has 3 aromatic rings. The minimum absolute atomic E-state index is 0.131. The lowest BCUT2D eigenvalue weighted by Gasteiger charge is -2.11. The molecule has 3 rings (SSSR count). The highest BCUT2D eigenvalue weighted by Gasteiger charge is 2.16. The number of hydrogen-bond acceptors (Lipinski definition) is 7. The van der Waals surface area contributed by atoms with Gasteiger partial charge in [-0.25, -0.2) is 17.8 Å². The second-order valence-electron chi connectivity index (χ2n) is 6.65. The molecular weight excluding hydrogens is 436 g/mol. The molecular formula is C21H20N4O6S. The van der Waals surface area contributed by atoms with E-state index in [1.807, 2.05) is 4.72 Å². The summed E-state index contributed by atoms with van der Waals surface area (Å²) in [6.45, 7) is 0.735. The first-order valence-corrected chi connectivity index (χ1v) is 10.8. The molecule has 0 aliphatic heterocycles. The maximum Gasteiger partial charge on any atom is 0.267 e. The van der Waals surface area contributed by atoms with Crippen molar-refractivity contribution in [2.24, 2.45) is 0 Å². The summed E-state index contributed by atoms with van der Waals surface area (Å²) in [7, 11) is -2.45. The fourth-order valence-electron chi connectivity index (χ4n) is 2.86. The molecule has 0 bridgehead atoms. The number of nitrogens with one attached hydrogen (secondary N) is 2. The maximum atomic E-state index is 12.4. The zero-order chi connectivity index (χ0) is 23.3. The predicted molar refractivity (Wildman–Crippen MR) is 117 cm³/mol. The van der Waals surface area contributed by atoms with E-state index < -0.39 is 27.4 Å². The number of carbonyl (C=O) groups is 2. The SMILES string of the molecule is COc1ccccc1-c1ccc(=O)n(CC(=O)Nc2ccc(S(=O)(=O)NC(C)=O)cc2)n1. The van der Waals surface area contributed by atoms with Crippen molar-refractivity contribution in [3.8, 4) is 17.0 Å². The zero-order valence-corrected chi connectivity index (χ0v) is 18.0. The molecule has 166 valence electrons. The molecule has 11 heteroatoms. The summed E-state index contributed by atoms with van der Waals surface area (Å²) in [6, 6.07) is 15.2. The second kappa shape index (κ2) is 9.43. The number of para-hydroxylation sites is 1. The summed E-state index contributed by atoms with van der Waals surface area (Å²) < 4.78 is 32.1. The largest absolute Gasteiger partial charge is 0.496 e. The Hall–Kier alpha value is -3.99. The Bertz CT molecular complexity index is 1320. The molecule has 0 aliphatic carbocycles. The molecule has 2 N–H and O–H groups in total. The summed E-state index contributed by atoms with van der Waals surface area (Å²) in [5, 5.41) is 6.82. The van der Waals surface area contributed by atoms with Gasteiger partial charge >= 0.3 is 0 Å². The molecule has 1 heterocycles. The third kappa shape index (κ3) is 5.38. The van der Waals surface area contributed by atoms with E-state index in [0.29, 0.717) is 22.7 Å². The molecule has 0 atom stereocenters. The highest BCUT2D eigenvalue weighted by atomic mass is 32.2. The lowest BCUT2D eigenvalue weighted by molar-refractivity contribution is -0.118. The number of benzene rings is 2. The first-order chi connectivity index (χ1) is 15.2. The van der Waals surface area contributed by atoms with E-state index in [2.05, 4.69) is 10.4 Å². The van der Waals surface area contributed by atoms with Crippen LogP contribution in [0.4, 0.5) is 5.69 Å². The first kappa shape index (κ1) is 22.7. The third-order valence-electron chi connectivity index (χ3n) is 4.27. The van der Waals surface area contributed by atoms with Gasteiger partial charge < -0.3 is 10.1 Å². The molecule has 0 saturated heterocycles. The van der Waals surface area contributed by atoms with Crippen molar-refractivity contribution in [1.82, 2.24) is 14.5 Å². The van der Waals surface area contributed by atoms with Gasteiger partial charge in [-0.3, -0.25) is 14.4 Å². The van der Waals surface area contributed by atoms with E-state index in [9.17, 15) is 22.8 Å². The van der Waals surface area contributed by atoms with Crippen LogP contribution < -0.4 is 20.3 Å². The number of carbonyl (C=O) groups excluding carboxylic acids is 2. The van der Waals surface area contributed by atoms with Gasteiger partial charge in [0.2, 0.25) is 11.8 Å². The summed E-state index contributed by atoms with van der Waals surface area (Å²) in [5.74, 6) is -0.672. The molecule has 0 aliphatic rings. The second-order valence-corrected chi connectivity index (χ2v) is 8.33. The van der Waals surface area contributed by atoms with Crippen molar-refractivity contribution in [3.05, 3.63) is 71.0 Å². The van der Waals surface area contributed by atoms with Crippen molar-refractivity contribution in [3.63, 3.8) is 0 Å². The Labute approximate surface area is 183 Å². The third-order valence-corrected chi connectivity index (χ3v) is 5.72. The fourth-order valence-corrected chi connectivity index (χ4v) is 3.85. The van der Waals surface area contributed by atoms with Crippen LogP contribution in [-0.4, -0.2) is 37.1 Å².